The van der Waals surface area contributed by atoms with Crippen molar-refractivity contribution in [2.45, 2.75) is 33.1 Å². The van der Waals surface area contributed by atoms with Crippen LogP contribution in [0.3, 0.4) is 0 Å². The van der Waals surface area contributed by atoms with E-state index >= 15 is 0 Å². The monoisotopic (exact) mass is 104 g/mol. The summed E-state index contributed by atoms with van der Waals surface area (Å²) in [5.74, 6) is 0. The molecule has 0 saturated carbocycles. The van der Waals surface area contributed by atoms with Gasteiger partial charge in [-0.1, -0.05) is 33.1 Å². The highest BCUT2D eigenvalue weighted by molar-refractivity contribution is 5.75. The fourth-order valence-electron chi connectivity index (χ4n) is 0.354. The Balaban J connectivity index is -0.0000000800. The molecule has 1 nitrogen and oxygen atoms in total. The second-order valence-corrected chi connectivity index (χ2v) is 1.35. The third-order valence-corrected chi connectivity index (χ3v) is 0.707. The molecule has 0 bridgehead atoms. The molecule has 0 amide bonds. The van der Waals surface area contributed by atoms with Gasteiger partial charge in [0.15, 0.2) is 0 Å². The Morgan fingerprint density at radius 3 is 1.29 bits per heavy atom. The Morgan fingerprint density at radius 2 is 1.29 bits per heavy atom. The van der Waals surface area contributed by atoms with Crippen LogP contribution in [-0.2, 0) is 0 Å². The molecule has 0 unspecified atom stereocenters. The van der Waals surface area contributed by atoms with Gasteiger partial charge in [-0.05, 0) is 0 Å². The molecule has 0 spiro atoms. The van der Waals surface area contributed by atoms with Crippen LogP contribution >= 0.6 is 0 Å². The van der Waals surface area contributed by atoms with Crippen LogP contribution < -0.4 is 0 Å². The normalized spacial score (nSPS) is 6.00. The maximum Gasteiger partial charge on any atom is 0.0814 e. The van der Waals surface area contributed by atoms with E-state index in [4.69, 9.17) is 0 Å². The van der Waals surface area contributed by atoms with Crippen molar-refractivity contribution in [2.75, 3.05) is 0 Å². The Kier molecular flexibility index (Phi) is 37.4. The zero-order valence-electron chi connectivity index (χ0n) is 4.62. The van der Waals surface area contributed by atoms with E-state index in [1.807, 2.05) is 0 Å². The molecule has 0 atom stereocenters. The van der Waals surface area contributed by atoms with Crippen molar-refractivity contribution in [3.8, 4) is 0 Å². The SMILES string of the molecule is B.CCCCC.O. The Hall–Kier alpha value is 0.0249. The second-order valence-electron chi connectivity index (χ2n) is 1.35. The van der Waals surface area contributed by atoms with Gasteiger partial charge >= 0.3 is 0 Å². The van der Waals surface area contributed by atoms with Crippen molar-refractivity contribution >= 4 is 8.41 Å². The van der Waals surface area contributed by atoms with Gasteiger partial charge in [-0.15, -0.1) is 0 Å². The van der Waals surface area contributed by atoms with Crippen LogP contribution in [-0.4, -0.2) is 13.9 Å². The van der Waals surface area contributed by atoms with Crippen LogP contribution in [0.2, 0.25) is 0 Å². The number of unbranched alkanes of at least 4 members (excludes halogenated alkanes) is 2. The first-order valence-corrected chi connectivity index (χ1v) is 2.41. The quantitative estimate of drug-likeness (QED) is 0.448. The van der Waals surface area contributed by atoms with E-state index in [9.17, 15) is 0 Å². The summed E-state index contributed by atoms with van der Waals surface area (Å²) in [4.78, 5) is 0. The van der Waals surface area contributed by atoms with Crippen molar-refractivity contribution in [1.82, 2.24) is 0 Å². The molecule has 0 fully saturated rings. The van der Waals surface area contributed by atoms with Crippen molar-refractivity contribution in [1.29, 1.82) is 0 Å². The smallest absolute Gasteiger partial charge is 0.0814 e. The molecule has 0 heterocycles. The summed E-state index contributed by atoms with van der Waals surface area (Å²) in [5, 5.41) is 0. The molecule has 0 rings (SSSR count). The van der Waals surface area contributed by atoms with Crippen LogP contribution in [0.5, 0.6) is 0 Å². The molecule has 0 aliphatic rings. The van der Waals surface area contributed by atoms with Crippen molar-refractivity contribution in [2.24, 2.45) is 0 Å². The van der Waals surface area contributed by atoms with Crippen LogP contribution in [0.25, 0.3) is 0 Å². The van der Waals surface area contributed by atoms with Gasteiger partial charge in [-0.3, -0.25) is 0 Å². The lowest BCUT2D eigenvalue weighted by Crippen LogP contribution is -1.59. The highest BCUT2D eigenvalue weighted by atomic mass is 16.0. The van der Waals surface area contributed by atoms with E-state index in [0.717, 1.165) is 0 Å². The minimum Gasteiger partial charge on any atom is -0.412 e. The van der Waals surface area contributed by atoms with E-state index in [1.54, 1.807) is 0 Å². The molecule has 0 aromatic rings. The van der Waals surface area contributed by atoms with E-state index < -0.39 is 0 Å². The van der Waals surface area contributed by atoms with E-state index in [-0.39, 0.29) is 13.9 Å². The number of hydrogen-bond acceptors (Lipinski definition) is 0. The van der Waals surface area contributed by atoms with Gasteiger partial charge in [-0.25, -0.2) is 0 Å². The topological polar surface area (TPSA) is 31.5 Å². The lowest BCUT2D eigenvalue weighted by Gasteiger charge is -1.79. The summed E-state index contributed by atoms with van der Waals surface area (Å²) in [5.41, 5.74) is 0. The van der Waals surface area contributed by atoms with Crippen molar-refractivity contribution in [3.63, 3.8) is 0 Å². The van der Waals surface area contributed by atoms with Gasteiger partial charge in [-0.2, -0.15) is 0 Å². The fraction of sp³-hybridized carbons (Fsp3) is 1.00. The van der Waals surface area contributed by atoms with Crippen LogP contribution in [0.4, 0.5) is 0 Å². The third-order valence-electron chi connectivity index (χ3n) is 0.707. The van der Waals surface area contributed by atoms with Crippen LogP contribution in [0, 0.1) is 0 Å². The van der Waals surface area contributed by atoms with Gasteiger partial charge < -0.3 is 5.48 Å². The maximum absolute atomic E-state index is 2.21. The van der Waals surface area contributed by atoms with Gasteiger partial charge in [0.1, 0.15) is 0 Å². The average molecular weight is 104 g/mol. The standard InChI is InChI=1S/C5H12.BH3.H2O/c1-3-5-4-2;;/h3-5H2,1-2H3;1H3;1H2. The number of rotatable bonds is 2. The Labute approximate surface area is 48.0 Å². The van der Waals surface area contributed by atoms with E-state index in [0.29, 0.717) is 0 Å². The predicted octanol–water partition coefficient (Wildman–Crippen LogP) is 0.188. The zero-order valence-corrected chi connectivity index (χ0v) is 4.62. The minimum absolute atomic E-state index is 0. The van der Waals surface area contributed by atoms with Gasteiger partial charge in [0.25, 0.3) is 0 Å². The molecule has 0 aliphatic carbocycles. The molecular formula is C5H17BO. The van der Waals surface area contributed by atoms with Crippen LogP contribution in [0.1, 0.15) is 33.1 Å². The average Bonchev–Trinajstić information content (AvgIpc) is 1.41. The first kappa shape index (κ1) is 15.7. The largest absolute Gasteiger partial charge is 0.412 e. The molecule has 0 aromatic heterocycles. The summed E-state index contributed by atoms with van der Waals surface area (Å²) in [7, 11) is 0. The summed E-state index contributed by atoms with van der Waals surface area (Å²) >= 11 is 0. The molecule has 0 aliphatic heterocycles. The summed E-state index contributed by atoms with van der Waals surface area (Å²) in [6, 6.07) is 0. The predicted molar refractivity (Wildman–Crippen MR) is 38.8 cm³/mol. The fourth-order valence-corrected chi connectivity index (χ4v) is 0.354. The lowest BCUT2D eigenvalue weighted by molar-refractivity contribution is 0.772. The number of hydrogen-bond donors (Lipinski definition) is 0. The lowest BCUT2D eigenvalue weighted by atomic mass is 10.3. The molecule has 2 heteroatoms. The Bertz CT molecular complexity index is 15.6. The van der Waals surface area contributed by atoms with E-state index in [2.05, 4.69) is 13.8 Å². The highest BCUT2D eigenvalue weighted by Crippen LogP contribution is 1.88. The first-order valence-electron chi connectivity index (χ1n) is 2.41. The van der Waals surface area contributed by atoms with Crippen molar-refractivity contribution < 1.29 is 5.48 Å². The molecular weight excluding hydrogens is 86.9 g/mol. The summed E-state index contributed by atoms with van der Waals surface area (Å²) in [6.07, 6.45) is 4.08. The van der Waals surface area contributed by atoms with Crippen LogP contribution in [0.15, 0.2) is 0 Å². The Morgan fingerprint density at radius 1 is 1.00 bits per heavy atom. The summed E-state index contributed by atoms with van der Waals surface area (Å²) < 4.78 is 0. The molecule has 0 radical (unpaired) electrons. The van der Waals surface area contributed by atoms with E-state index in [1.165, 1.54) is 19.3 Å². The zero-order chi connectivity index (χ0) is 4.12. The molecule has 46 valence electrons. The van der Waals surface area contributed by atoms with Gasteiger partial charge in [0, 0.05) is 0 Å². The third kappa shape index (κ3) is 23.8. The van der Waals surface area contributed by atoms with Gasteiger partial charge in [0.05, 0.1) is 8.41 Å². The van der Waals surface area contributed by atoms with Gasteiger partial charge in [0.2, 0.25) is 0 Å². The molecule has 7 heavy (non-hydrogen) atoms. The first-order chi connectivity index (χ1) is 2.41. The summed E-state index contributed by atoms with van der Waals surface area (Å²) in [6.45, 7) is 4.42. The molecule has 0 saturated heterocycles. The molecule has 0 aromatic carbocycles. The second kappa shape index (κ2) is 16.6. The van der Waals surface area contributed by atoms with Crippen molar-refractivity contribution in [3.05, 3.63) is 0 Å². The minimum atomic E-state index is 0. The molecule has 2 N–H and O–H groups in total. The highest BCUT2D eigenvalue weighted by Gasteiger charge is 1.68. The maximum atomic E-state index is 2.21.